The number of H-pyrrole nitrogens is 1. The Balaban J connectivity index is 1.40. The Kier molecular flexibility index (Phi) is 4.46. The molecule has 1 aromatic carbocycles. The number of carboxylic acid groups (broad SMARTS) is 1. The lowest BCUT2D eigenvalue weighted by Crippen LogP contribution is -2.36. The highest BCUT2D eigenvalue weighted by Crippen LogP contribution is 2.25. The topological polar surface area (TPSA) is 95.8 Å². The molecule has 0 aliphatic heterocycles. The van der Waals surface area contributed by atoms with E-state index in [0.29, 0.717) is 6.54 Å². The van der Waals surface area contributed by atoms with E-state index >= 15 is 0 Å². The first-order valence-corrected chi connectivity index (χ1v) is 9.14. The zero-order valence-corrected chi connectivity index (χ0v) is 14.8. The number of hydrogen-bond acceptors (Lipinski definition) is 4. The van der Waals surface area contributed by atoms with Gasteiger partial charge in [-0.2, -0.15) is 5.10 Å². The van der Waals surface area contributed by atoms with E-state index in [1.165, 1.54) is 0 Å². The quantitative estimate of drug-likeness (QED) is 0.631. The van der Waals surface area contributed by atoms with Gasteiger partial charge in [0.05, 0.1) is 11.0 Å². The van der Waals surface area contributed by atoms with Crippen LogP contribution in [0.4, 0.5) is 0 Å². The molecule has 1 unspecified atom stereocenters. The van der Waals surface area contributed by atoms with Crippen molar-refractivity contribution >= 4 is 17.0 Å². The smallest absolute Gasteiger partial charge is 0.356 e. The zero-order chi connectivity index (χ0) is 18.1. The molecule has 26 heavy (non-hydrogen) atoms. The minimum absolute atomic E-state index is 0.214. The van der Waals surface area contributed by atoms with Crippen LogP contribution in [0.25, 0.3) is 11.0 Å². The van der Waals surface area contributed by atoms with Crippen molar-refractivity contribution in [3.63, 3.8) is 0 Å². The van der Waals surface area contributed by atoms with Crippen LogP contribution in [0.3, 0.4) is 0 Å². The summed E-state index contributed by atoms with van der Waals surface area (Å²) in [5.41, 5.74) is 4.24. The summed E-state index contributed by atoms with van der Waals surface area (Å²) in [5.74, 6) is 0.0385. The highest BCUT2D eigenvalue weighted by molar-refractivity contribution is 5.87. The van der Waals surface area contributed by atoms with E-state index in [-0.39, 0.29) is 11.7 Å². The second-order valence-corrected chi connectivity index (χ2v) is 6.74. The first-order chi connectivity index (χ1) is 12.7. The van der Waals surface area contributed by atoms with E-state index in [9.17, 15) is 9.90 Å². The predicted molar refractivity (Wildman–Crippen MR) is 98.5 cm³/mol. The molecule has 1 atom stereocenters. The summed E-state index contributed by atoms with van der Waals surface area (Å²) >= 11 is 0. The van der Waals surface area contributed by atoms with Crippen molar-refractivity contribution < 1.29 is 9.90 Å². The Bertz CT molecular complexity index is 910. The van der Waals surface area contributed by atoms with Crippen LogP contribution in [-0.4, -0.2) is 43.4 Å². The molecule has 0 radical (unpaired) electrons. The summed E-state index contributed by atoms with van der Waals surface area (Å²) in [6, 6.07) is 8.30. The van der Waals surface area contributed by atoms with Gasteiger partial charge in [0.1, 0.15) is 5.82 Å². The fourth-order valence-electron chi connectivity index (χ4n) is 3.81. The third kappa shape index (κ3) is 3.10. The number of aromatic nitrogens is 4. The monoisotopic (exact) mass is 353 g/mol. The van der Waals surface area contributed by atoms with Gasteiger partial charge in [-0.3, -0.25) is 4.68 Å². The molecule has 0 fully saturated rings. The van der Waals surface area contributed by atoms with Gasteiger partial charge < -0.3 is 15.4 Å². The van der Waals surface area contributed by atoms with Gasteiger partial charge in [0.2, 0.25) is 0 Å². The molecule has 0 saturated carbocycles. The van der Waals surface area contributed by atoms with Crippen LogP contribution >= 0.6 is 0 Å². The highest BCUT2D eigenvalue weighted by atomic mass is 16.4. The van der Waals surface area contributed by atoms with Crippen molar-refractivity contribution in [2.24, 2.45) is 0 Å². The number of imidazole rings is 1. The molecule has 0 saturated heterocycles. The number of para-hydroxylation sites is 2. The van der Waals surface area contributed by atoms with Crippen LogP contribution < -0.4 is 5.32 Å². The number of aryl methyl sites for hydroxylation is 1. The Labute approximate surface area is 151 Å². The van der Waals surface area contributed by atoms with Gasteiger partial charge in [0.25, 0.3) is 0 Å². The van der Waals surface area contributed by atoms with E-state index in [2.05, 4.69) is 20.4 Å². The van der Waals surface area contributed by atoms with E-state index in [4.69, 9.17) is 0 Å². The van der Waals surface area contributed by atoms with Crippen LogP contribution in [0.2, 0.25) is 0 Å². The number of aromatic amines is 1. The number of nitrogens with one attached hydrogen (secondary N) is 2. The largest absolute Gasteiger partial charge is 0.476 e. The number of rotatable bonds is 6. The summed E-state index contributed by atoms with van der Waals surface area (Å²) < 4.78 is 1.84. The first-order valence-electron chi connectivity index (χ1n) is 9.14. The summed E-state index contributed by atoms with van der Waals surface area (Å²) in [4.78, 5) is 19.4. The Morgan fingerprint density at radius 3 is 3.04 bits per heavy atom. The molecule has 0 amide bonds. The van der Waals surface area contributed by atoms with E-state index < -0.39 is 5.97 Å². The molecule has 7 nitrogen and oxygen atoms in total. The molecule has 3 N–H and O–H groups in total. The van der Waals surface area contributed by atoms with Crippen LogP contribution in [-0.2, 0) is 25.8 Å². The molecular weight excluding hydrogens is 330 g/mol. The molecule has 2 aromatic heterocycles. The summed E-state index contributed by atoms with van der Waals surface area (Å²) in [5, 5.41) is 17.3. The molecule has 2 heterocycles. The van der Waals surface area contributed by atoms with Crippen LogP contribution in [0.15, 0.2) is 24.3 Å². The van der Waals surface area contributed by atoms with Crippen LogP contribution in [0.5, 0.6) is 0 Å². The summed E-state index contributed by atoms with van der Waals surface area (Å²) in [6.45, 7) is 3.51. The normalized spacial score (nSPS) is 16.7. The number of nitrogens with zero attached hydrogens (tertiary/aromatic N) is 3. The van der Waals surface area contributed by atoms with Crippen molar-refractivity contribution in [1.82, 2.24) is 25.1 Å². The van der Waals surface area contributed by atoms with Crippen LogP contribution in [0.1, 0.15) is 40.9 Å². The lowest BCUT2D eigenvalue weighted by Gasteiger charge is -2.24. The minimum atomic E-state index is -0.934. The van der Waals surface area contributed by atoms with Gasteiger partial charge in [-0.25, -0.2) is 9.78 Å². The molecule has 1 aliphatic rings. The molecule has 4 rings (SSSR count). The first kappa shape index (κ1) is 16.8. The maximum Gasteiger partial charge on any atom is 0.356 e. The maximum absolute atomic E-state index is 11.5. The number of fused-ring (bicyclic) bond motifs is 2. The van der Waals surface area contributed by atoms with Gasteiger partial charge in [-0.05, 0) is 38.3 Å². The minimum Gasteiger partial charge on any atom is -0.476 e. The average molecular weight is 353 g/mol. The number of carbonyl (C=O) groups is 1. The van der Waals surface area contributed by atoms with Crippen LogP contribution in [0, 0.1) is 0 Å². The van der Waals surface area contributed by atoms with Gasteiger partial charge in [-0.1, -0.05) is 12.1 Å². The standard InChI is InChI=1S/C19H23N5O2/c1-2-24-16-8-7-12(11-13(16)18(23-24)19(25)26)20-10-9-17-21-14-5-3-4-6-15(14)22-17/h3-6,12,20H,2,7-11H2,1H3,(H,21,22)(H,25,26). The third-order valence-corrected chi connectivity index (χ3v) is 5.08. The molecule has 3 aromatic rings. The van der Waals surface area contributed by atoms with Crippen molar-refractivity contribution in [2.75, 3.05) is 6.54 Å². The lowest BCUT2D eigenvalue weighted by atomic mass is 9.91. The average Bonchev–Trinajstić information content (AvgIpc) is 3.22. The molecule has 0 bridgehead atoms. The number of benzene rings is 1. The van der Waals surface area contributed by atoms with Crippen molar-refractivity contribution in [2.45, 2.75) is 45.2 Å². The molecule has 0 spiro atoms. The number of carboxylic acids is 1. The van der Waals surface area contributed by atoms with Gasteiger partial charge >= 0.3 is 5.97 Å². The van der Waals surface area contributed by atoms with Crippen molar-refractivity contribution in [3.05, 3.63) is 47.0 Å². The Morgan fingerprint density at radius 1 is 1.42 bits per heavy atom. The van der Waals surface area contributed by atoms with Gasteiger partial charge in [0.15, 0.2) is 5.69 Å². The van der Waals surface area contributed by atoms with E-state index in [0.717, 1.165) is 60.3 Å². The number of aromatic carboxylic acids is 1. The fraction of sp³-hybridized carbons (Fsp3) is 0.421. The predicted octanol–water partition coefficient (Wildman–Crippen LogP) is 2.17. The summed E-state index contributed by atoms with van der Waals surface area (Å²) in [7, 11) is 0. The summed E-state index contributed by atoms with van der Waals surface area (Å²) in [6.07, 6.45) is 3.40. The second-order valence-electron chi connectivity index (χ2n) is 6.74. The van der Waals surface area contributed by atoms with E-state index in [1.54, 1.807) is 0 Å². The SMILES string of the molecule is CCn1nc(C(=O)O)c2c1CCC(NCCc1nc3ccccc3[nH]1)C2. The van der Waals surface area contributed by atoms with Gasteiger partial charge in [-0.15, -0.1) is 0 Å². The third-order valence-electron chi connectivity index (χ3n) is 5.08. The Morgan fingerprint density at radius 2 is 2.27 bits per heavy atom. The molecule has 7 heteroatoms. The zero-order valence-electron chi connectivity index (χ0n) is 14.8. The lowest BCUT2D eigenvalue weighted by molar-refractivity contribution is 0.0688. The highest BCUT2D eigenvalue weighted by Gasteiger charge is 2.28. The molecule has 136 valence electrons. The fourth-order valence-corrected chi connectivity index (χ4v) is 3.81. The second kappa shape index (κ2) is 6.92. The van der Waals surface area contributed by atoms with Crippen molar-refractivity contribution in [3.8, 4) is 0 Å². The van der Waals surface area contributed by atoms with E-state index in [1.807, 2.05) is 35.9 Å². The molecule has 1 aliphatic carbocycles. The molecular formula is C19H23N5O2. The Hall–Kier alpha value is -2.67. The maximum atomic E-state index is 11.5. The van der Waals surface area contributed by atoms with Crippen molar-refractivity contribution in [1.29, 1.82) is 0 Å². The van der Waals surface area contributed by atoms with Gasteiger partial charge in [0, 0.05) is 36.8 Å². The number of hydrogen-bond donors (Lipinski definition) is 3.